The molecule has 0 spiro atoms. The third-order valence-electron chi connectivity index (χ3n) is 3.85. The molecule has 0 bridgehead atoms. The molecule has 1 aromatic heterocycles. The molecule has 0 fully saturated rings. The normalized spacial score (nSPS) is 12.8. The van der Waals surface area contributed by atoms with Gasteiger partial charge in [0.05, 0.1) is 17.1 Å². The molecule has 1 aromatic carbocycles. The molecule has 1 N–H and O–H groups in total. The molecule has 0 saturated carbocycles. The number of sulfonamides is 1. The third-order valence-corrected chi connectivity index (χ3v) is 5.31. The van der Waals surface area contributed by atoms with Gasteiger partial charge >= 0.3 is 0 Å². The Labute approximate surface area is 151 Å². The highest BCUT2D eigenvalue weighted by atomic mass is 32.2. The van der Waals surface area contributed by atoms with Crippen molar-refractivity contribution in [3.05, 3.63) is 48.3 Å². The maximum Gasteiger partial charge on any atom is 0.240 e. The predicted molar refractivity (Wildman–Crippen MR) is 93.1 cm³/mol. The highest BCUT2D eigenvalue weighted by Gasteiger charge is 2.20. The van der Waals surface area contributed by atoms with Gasteiger partial charge in [0.2, 0.25) is 22.7 Å². The number of benzene rings is 1. The molecule has 3 rings (SSSR count). The molecule has 8 nitrogen and oxygen atoms in total. The van der Waals surface area contributed by atoms with Gasteiger partial charge in [0.25, 0.3) is 0 Å². The van der Waals surface area contributed by atoms with Gasteiger partial charge in [-0.05, 0) is 24.3 Å². The lowest BCUT2D eigenvalue weighted by Gasteiger charge is -2.20. The number of carbonyl (C=O) groups excluding carboxylic acids is 1. The Kier molecular flexibility index (Phi) is 5.38. The smallest absolute Gasteiger partial charge is 0.240 e. The summed E-state index contributed by atoms with van der Waals surface area (Å²) in [6, 6.07) is 9.87. The number of pyridine rings is 1. The quantitative estimate of drug-likeness (QED) is 0.777. The van der Waals surface area contributed by atoms with Gasteiger partial charge in [-0.15, -0.1) is 0 Å². The molecule has 138 valence electrons. The van der Waals surface area contributed by atoms with E-state index in [1.54, 1.807) is 18.3 Å². The van der Waals surface area contributed by atoms with Crippen molar-refractivity contribution in [1.29, 1.82) is 0 Å². The van der Waals surface area contributed by atoms with Gasteiger partial charge in [0.1, 0.15) is 0 Å². The zero-order chi connectivity index (χ0) is 18.6. The summed E-state index contributed by atoms with van der Waals surface area (Å²) in [6.07, 6.45) is 1.65. The Hall–Kier alpha value is -2.65. The van der Waals surface area contributed by atoms with Gasteiger partial charge in [-0.2, -0.15) is 0 Å². The maximum absolute atomic E-state index is 12.4. The number of fused-ring (bicyclic) bond motifs is 1. The first-order valence-corrected chi connectivity index (χ1v) is 9.49. The summed E-state index contributed by atoms with van der Waals surface area (Å²) in [6.45, 7) is 2.16. The molecule has 2 heterocycles. The summed E-state index contributed by atoms with van der Waals surface area (Å²) in [5, 5.41) is 0. The van der Waals surface area contributed by atoms with Gasteiger partial charge in [0.15, 0.2) is 11.5 Å². The van der Waals surface area contributed by atoms with E-state index in [1.165, 1.54) is 24.0 Å². The second-order valence-corrected chi connectivity index (χ2v) is 7.44. The fraction of sp³-hybridized carbons (Fsp3) is 0.294. The van der Waals surface area contributed by atoms with Crippen LogP contribution < -0.4 is 14.2 Å². The molecule has 0 unspecified atom stereocenters. The van der Waals surface area contributed by atoms with Crippen LogP contribution in [0.4, 0.5) is 0 Å². The Bertz CT molecular complexity index is 887. The Morgan fingerprint density at radius 1 is 1.23 bits per heavy atom. The van der Waals surface area contributed by atoms with Gasteiger partial charge in [-0.3, -0.25) is 9.78 Å². The van der Waals surface area contributed by atoms with Crippen LogP contribution in [0.5, 0.6) is 11.5 Å². The molecule has 1 amide bonds. The van der Waals surface area contributed by atoms with E-state index in [2.05, 4.69) is 9.71 Å². The van der Waals surface area contributed by atoms with Crippen LogP contribution in [0.25, 0.3) is 0 Å². The lowest BCUT2D eigenvalue weighted by molar-refractivity contribution is -0.129. The summed E-state index contributed by atoms with van der Waals surface area (Å²) < 4.78 is 37.7. The van der Waals surface area contributed by atoms with Crippen molar-refractivity contribution in [3.8, 4) is 11.5 Å². The molecule has 26 heavy (non-hydrogen) atoms. The second-order valence-electron chi connectivity index (χ2n) is 5.67. The summed E-state index contributed by atoms with van der Waals surface area (Å²) in [5.74, 6) is 0.758. The highest BCUT2D eigenvalue weighted by molar-refractivity contribution is 7.89. The fourth-order valence-electron chi connectivity index (χ4n) is 2.48. The van der Waals surface area contributed by atoms with Crippen LogP contribution in [-0.2, 0) is 21.4 Å². The second kappa shape index (κ2) is 7.71. The Morgan fingerprint density at radius 2 is 2.04 bits per heavy atom. The SMILES string of the molecule is CC(=O)N(CCNS(=O)(=O)c1ccc2c(c1)OCO2)Cc1ccccn1. The Morgan fingerprint density at radius 3 is 2.77 bits per heavy atom. The fourth-order valence-corrected chi connectivity index (χ4v) is 3.51. The van der Waals surface area contributed by atoms with E-state index >= 15 is 0 Å². The number of amides is 1. The lowest BCUT2D eigenvalue weighted by atomic mass is 10.3. The first-order chi connectivity index (χ1) is 12.5. The number of nitrogens with zero attached hydrogens (tertiary/aromatic N) is 2. The number of hydrogen-bond acceptors (Lipinski definition) is 6. The van der Waals surface area contributed by atoms with Crippen LogP contribution >= 0.6 is 0 Å². The van der Waals surface area contributed by atoms with Crippen molar-refractivity contribution >= 4 is 15.9 Å². The molecule has 1 aliphatic rings. The van der Waals surface area contributed by atoms with E-state index in [0.717, 1.165) is 5.69 Å². The first kappa shape index (κ1) is 18.2. The molecular formula is C17H19N3O5S. The summed E-state index contributed by atoms with van der Waals surface area (Å²) in [4.78, 5) is 17.6. The number of ether oxygens (including phenoxy) is 2. The standard InChI is InChI=1S/C17H19N3O5S/c1-13(21)20(11-14-4-2-3-7-18-14)9-8-19-26(22,23)15-5-6-16-17(10-15)25-12-24-16/h2-7,10,19H,8-9,11-12H2,1H3. The maximum atomic E-state index is 12.4. The zero-order valence-corrected chi connectivity index (χ0v) is 15.0. The predicted octanol–water partition coefficient (Wildman–Crippen LogP) is 1.14. The third kappa shape index (κ3) is 4.30. The van der Waals surface area contributed by atoms with E-state index < -0.39 is 10.0 Å². The molecule has 1 aliphatic heterocycles. The highest BCUT2D eigenvalue weighted by Crippen LogP contribution is 2.33. The van der Waals surface area contributed by atoms with Gasteiger partial charge in [0, 0.05) is 32.3 Å². The largest absolute Gasteiger partial charge is 0.454 e. The van der Waals surface area contributed by atoms with Crippen molar-refractivity contribution < 1.29 is 22.7 Å². The van der Waals surface area contributed by atoms with Crippen LogP contribution in [0.2, 0.25) is 0 Å². The number of nitrogens with one attached hydrogen (secondary N) is 1. The summed E-state index contributed by atoms with van der Waals surface area (Å²) >= 11 is 0. The molecule has 0 atom stereocenters. The molecule has 0 aliphatic carbocycles. The number of hydrogen-bond donors (Lipinski definition) is 1. The van der Waals surface area contributed by atoms with Crippen molar-refractivity contribution in [2.75, 3.05) is 19.9 Å². The van der Waals surface area contributed by atoms with Crippen molar-refractivity contribution in [2.24, 2.45) is 0 Å². The van der Waals surface area contributed by atoms with E-state index in [4.69, 9.17) is 9.47 Å². The van der Waals surface area contributed by atoms with Crippen LogP contribution in [0.1, 0.15) is 12.6 Å². The monoisotopic (exact) mass is 377 g/mol. The van der Waals surface area contributed by atoms with Crippen LogP contribution in [0, 0.1) is 0 Å². The zero-order valence-electron chi connectivity index (χ0n) is 14.2. The first-order valence-electron chi connectivity index (χ1n) is 8.00. The van der Waals surface area contributed by atoms with Crippen molar-refractivity contribution in [3.63, 3.8) is 0 Å². The molecule has 2 aromatic rings. The lowest BCUT2D eigenvalue weighted by Crippen LogP contribution is -2.37. The van der Waals surface area contributed by atoms with Crippen LogP contribution in [-0.4, -0.2) is 44.1 Å². The van der Waals surface area contributed by atoms with Crippen molar-refractivity contribution in [1.82, 2.24) is 14.6 Å². The molecule has 9 heteroatoms. The minimum absolute atomic E-state index is 0.0767. The average molecular weight is 377 g/mol. The van der Waals surface area contributed by atoms with Crippen LogP contribution in [0.15, 0.2) is 47.5 Å². The summed E-state index contributed by atoms with van der Waals surface area (Å²) in [5.41, 5.74) is 0.737. The van der Waals surface area contributed by atoms with E-state index in [9.17, 15) is 13.2 Å². The molecule has 0 saturated heterocycles. The van der Waals surface area contributed by atoms with Gasteiger partial charge < -0.3 is 14.4 Å². The van der Waals surface area contributed by atoms with E-state index in [1.807, 2.05) is 12.1 Å². The topological polar surface area (TPSA) is 97.8 Å². The van der Waals surface area contributed by atoms with E-state index in [0.29, 0.717) is 18.0 Å². The Balaban J connectivity index is 1.60. The average Bonchev–Trinajstić information content (AvgIpc) is 3.09. The number of rotatable bonds is 7. The molecule has 0 radical (unpaired) electrons. The molecular weight excluding hydrogens is 358 g/mol. The van der Waals surface area contributed by atoms with E-state index in [-0.39, 0.29) is 30.7 Å². The summed E-state index contributed by atoms with van der Waals surface area (Å²) in [7, 11) is -3.72. The number of carbonyl (C=O) groups is 1. The minimum atomic E-state index is -3.72. The van der Waals surface area contributed by atoms with Crippen molar-refractivity contribution in [2.45, 2.75) is 18.4 Å². The van der Waals surface area contributed by atoms with Gasteiger partial charge in [-0.25, -0.2) is 13.1 Å². The van der Waals surface area contributed by atoms with Gasteiger partial charge in [-0.1, -0.05) is 6.07 Å². The van der Waals surface area contributed by atoms with Crippen LogP contribution in [0.3, 0.4) is 0 Å². The number of aromatic nitrogens is 1. The minimum Gasteiger partial charge on any atom is -0.454 e.